The van der Waals surface area contributed by atoms with Crippen LogP contribution < -0.4 is 15.5 Å². The molecular weight excluding hydrogens is 549 g/mol. The Hall–Kier alpha value is -4.66. The lowest BCUT2D eigenvalue weighted by molar-refractivity contribution is -0.143. The van der Waals surface area contributed by atoms with Gasteiger partial charge in [0.25, 0.3) is 11.8 Å². The van der Waals surface area contributed by atoms with Gasteiger partial charge in [-0.2, -0.15) is 0 Å². The summed E-state index contributed by atoms with van der Waals surface area (Å²) in [5, 5.41) is 15.9. The second-order valence-electron chi connectivity index (χ2n) is 10.8. The van der Waals surface area contributed by atoms with Crippen LogP contribution in [0.1, 0.15) is 60.2 Å². The summed E-state index contributed by atoms with van der Waals surface area (Å²) in [4.78, 5) is 40.5. The van der Waals surface area contributed by atoms with Gasteiger partial charge >= 0.3 is 5.97 Å². The highest BCUT2D eigenvalue weighted by Crippen LogP contribution is 2.41. The standard InChI is InChI=1S/C34H36FN3O5/c1-4-38(5-2)28-19-29-26(30(33(40)36-3)31(43-29)20-13-15-23(35)16-14-20)18-25(28)21-9-8-10-22(17-21)32(39)37-27-12-7-6-11-24(27)34(41)42/h8-10,13-19,24,27H,4-7,11-12H2,1-3H3,(H,36,40)(H,37,39)(H,41,42)/t24-,27+/m1/s1. The fourth-order valence-corrected chi connectivity index (χ4v) is 6.02. The van der Waals surface area contributed by atoms with Crippen LogP contribution >= 0.6 is 0 Å². The molecule has 3 aromatic carbocycles. The number of furan rings is 1. The van der Waals surface area contributed by atoms with Crippen LogP contribution in [0.25, 0.3) is 33.4 Å². The second-order valence-corrected chi connectivity index (χ2v) is 10.8. The van der Waals surface area contributed by atoms with Gasteiger partial charge in [0.1, 0.15) is 17.2 Å². The van der Waals surface area contributed by atoms with E-state index in [1.54, 1.807) is 37.4 Å². The normalized spacial score (nSPS) is 16.6. The topological polar surface area (TPSA) is 112 Å². The summed E-state index contributed by atoms with van der Waals surface area (Å²) in [7, 11) is 1.55. The zero-order valence-electron chi connectivity index (χ0n) is 24.6. The monoisotopic (exact) mass is 585 g/mol. The van der Waals surface area contributed by atoms with Gasteiger partial charge in [0.2, 0.25) is 0 Å². The van der Waals surface area contributed by atoms with Gasteiger partial charge in [-0.3, -0.25) is 14.4 Å². The third kappa shape index (κ3) is 5.98. The van der Waals surface area contributed by atoms with Crippen LogP contribution in [0.3, 0.4) is 0 Å². The Morgan fingerprint density at radius 2 is 1.67 bits per heavy atom. The molecule has 1 aliphatic carbocycles. The minimum absolute atomic E-state index is 0.321. The Morgan fingerprint density at radius 3 is 2.35 bits per heavy atom. The second kappa shape index (κ2) is 12.7. The van der Waals surface area contributed by atoms with Gasteiger partial charge in [-0.1, -0.05) is 25.0 Å². The van der Waals surface area contributed by atoms with E-state index in [-0.39, 0.29) is 11.8 Å². The molecule has 1 heterocycles. The summed E-state index contributed by atoms with van der Waals surface area (Å²) in [5.41, 5.74) is 4.28. The Labute approximate surface area is 249 Å². The van der Waals surface area contributed by atoms with Crippen molar-refractivity contribution in [3.8, 4) is 22.5 Å². The Bertz CT molecular complexity index is 1660. The lowest BCUT2D eigenvalue weighted by atomic mass is 9.84. The Balaban J connectivity index is 1.62. The zero-order chi connectivity index (χ0) is 30.7. The van der Waals surface area contributed by atoms with Gasteiger partial charge in [-0.25, -0.2) is 4.39 Å². The number of benzene rings is 3. The molecule has 43 heavy (non-hydrogen) atoms. The highest BCUT2D eigenvalue weighted by atomic mass is 19.1. The number of carbonyl (C=O) groups is 3. The van der Waals surface area contributed by atoms with Crippen LogP contribution in [-0.2, 0) is 4.79 Å². The van der Waals surface area contributed by atoms with Crippen molar-refractivity contribution >= 4 is 34.4 Å². The van der Waals surface area contributed by atoms with E-state index in [9.17, 15) is 23.9 Å². The molecule has 1 fully saturated rings. The van der Waals surface area contributed by atoms with Gasteiger partial charge < -0.3 is 25.1 Å². The summed E-state index contributed by atoms with van der Waals surface area (Å²) in [5.74, 6) is -2.20. The van der Waals surface area contributed by atoms with Crippen LogP contribution in [0.4, 0.5) is 10.1 Å². The maximum absolute atomic E-state index is 13.7. The minimum atomic E-state index is -0.886. The molecule has 0 radical (unpaired) electrons. The van der Waals surface area contributed by atoms with E-state index in [1.165, 1.54) is 12.1 Å². The number of amides is 2. The lowest BCUT2D eigenvalue weighted by Crippen LogP contribution is -2.45. The van der Waals surface area contributed by atoms with Gasteiger partial charge in [0.05, 0.1) is 11.5 Å². The van der Waals surface area contributed by atoms with Crippen molar-refractivity contribution in [1.29, 1.82) is 0 Å². The first-order valence-corrected chi connectivity index (χ1v) is 14.7. The molecule has 1 aromatic heterocycles. The SMILES string of the molecule is CCN(CC)c1cc2oc(-c3ccc(F)cc3)c(C(=O)NC)c2cc1-c1cccc(C(=O)N[C@H]2CCCC[C@H]2C(=O)O)c1. The van der Waals surface area contributed by atoms with Crippen molar-refractivity contribution in [2.24, 2.45) is 5.92 Å². The number of fused-ring (bicyclic) bond motifs is 1. The van der Waals surface area contributed by atoms with Crippen LogP contribution in [0.15, 0.2) is 65.1 Å². The molecule has 0 aliphatic heterocycles. The van der Waals surface area contributed by atoms with Crippen LogP contribution in [0, 0.1) is 11.7 Å². The molecule has 0 saturated heterocycles. The van der Waals surface area contributed by atoms with Crippen LogP contribution in [0.2, 0.25) is 0 Å². The Morgan fingerprint density at radius 1 is 0.953 bits per heavy atom. The molecule has 1 saturated carbocycles. The molecule has 0 unspecified atom stereocenters. The summed E-state index contributed by atoms with van der Waals surface area (Å²) in [6.07, 6.45) is 2.89. The van der Waals surface area contributed by atoms with E-state index in [1.807, 2.05) is 32.0 Å². The molecule has 3 N–H and O–H groups in total. The van der Waals surface area contributed by atoms with Crippen molar-refractivity contribution in [3.63, 3.8) is 0 Å². The van der Waals surface area contributed by atoms with Crippen molar-refractivity contribution in [2.45, 2.75) is 45.6 Å². The van der Waals surface area contributed by atoms with E-state index < -0.39 is 23.7 Å². The fourth-order valence-electron chi connectivity index (χ4n) is 6.02. The molecule has 2 atom stereocenters. The first-order chi connectivity index (χ1) is 20.7. The van der Waals surface area contributed by atoms with Crippen molar-refractivity contribution in [1.82, 2.24) is 10.6 Å². The van der Waals surface area contributed by atoms with Gasteiger partial charge in [-0.15, -0.1) is 0 Å². The maximum atomic E-state index is 13.7. The number of hydrogen-bond acceptors (Lipinski definition) is 5. The van der Waals surface area contributed by atoms with Crippen LogP contribution in [0.5, 0.6) is 0 Å². The molecule has 4 aromatic rings. The summed E-state index contributed by atoms with van der Waals surface area (Å²) in [6.45, 7) is 5.52. The zero-order valence-corrected chi connectivity index (χ0v) is 24.6. The van der Waals surface area contributed by atoms with Crippen molar-refractivity contribution in [2.75, 3.05) is 25.0 Å². The first kappa shape index (κ1) is 29.8. The molecule has 5 rings (SSSR count). The average Bonchev–Trinajstić information content (AvgIpc) is 3.40. The third-order valence-electron chi connectivity index (χ3n) is 8.31. The predicted octanol–water partition coefficient (Wildman–Crippen LogP) is 6.48. The van der Waals surface area contributed by atoms with Gasteiger partial charge in [0.15, 0.2) is 0 Å². The van der Waals surface area contributed by atoms with Crippen LogP contribution in [-0.4, -0.2) is 49.1 Å². The van der Waals surface area contributed by atoms with Crippen molar-refractivity contribution < 1.29 is 28.3 Å². The van der Waals surface area contributed by atoms with E-state index in [4.69, 9.17) is 4.42 Å². The quantitative estimate of drug-likeness (QED) is 0.207. The molecule has 2 amide bonds. The molecule has 8 nitrogen and oxygen atoms in total. The van der Waals surface area contributed by atoms with E-state index in [2.05, 4.69) is 15.5 Å². The molecular formula is C34H36FN3O5. The number of carboxylic acids is 1. The first-order valence-electron chi connectivity index (χ1n) is 14.7. The smallest absolute Gasteiger partial charge is 0.308 e. The van der Waals surface area contributed by atoms with E-state index in [0.29, 0.717) is 59.4 Å². The van der Waals surface area contributed by atoms with E-state index in [0.717, 1.165) is 29.7 Å². The summed E-state index contributed by atoms with van der Waals surface area (Å²) < 4.78 is 20.0. The molecule has 224 valence electrons. The maximum Gasteiger partial charge on any atom is 0.308 e. The summed E-state index contributed by atoms with van der Waals surface area (Å²) in [6, 6.07) is 16.4. The highest BCUT2D eigenvalue weighted by molar-refractivity contribution is 6.13. The minimum Gasteiger partial charge on any atom is -0.481 e. The van der Waals surface area contributed by atoms with Gasteiger partial charge in [-0.05, 0) is 74.7 Å². The summed E-state index contributed by atoms with van der Waals surface area (Å²) >= 11 is 0. The number of nitrogens with one attached hydrogen (secondary N) is 2. The number of hydrogen-bond donors (Lipinski definition) is 3. The number of carbonyl (C=O) groups excluding carboxylic acids is 2. The molecule has 0 bridgehead atoms. The average molecular weight is 586 g/mol. The predicted molar refractivity (Wildman–Crippen MR) is 165 cm³/mol. The Kier molecular flexibility index (Phi) is 8.80. The molecule has 0 spiro atoms. The number of aliphatic carboxylic acids is 1. The lowest BCUT2D eigenvalue weighted by Gasteiger charge is -2.29. The van der Waals surface area contributed by atoms with E-state index >= 15 is 0 Å². The number of carboxylic acid groups (broad SMARTS) is 1. The fraction of sp³-hybridized carbons (Fsp3) is 0.324. The molecule has 9 heteroatoms. The number of anilines is 1. The number of nitrogens with zero attached hydrogens (tertiary/aromatic N) is 1. The number of halogens is 1. The highest BCUT2D eigenvalue weighted by Gasteiger charge is 2.32. The van der Waals surface area contributed by atoms with Crippen molar-refractivity contribution in [3.05, 3.63) is 77.6 Å². The van der Waals surface area contributed by atoms with Gasteiger partial charge in [0, 0.05) is 60.0 Å². The number of rotatable bonds is 9. The largest absolute Gasteiger partial charge is 0.481 e. The third-order valence-corrected chi connectivity index (χ3v) is 8.31. The molecule has 1 aliphatic rings.